The summed E-state index contributed by atoms with van der Waals surface area (Å²) in [7, 11) is 1.55. The molecule has 36 heavy (non-hydrogen) atoms. The second-order valence-corrected chi connectivity index (χ2v) is 9.64. The van der Waals surface area contributed by atoms with Gasteiger partial charge < -0.3 is 13.9 Å². The summed E-state index contributed by atoms with van der Waals surface area (Å²) >= 11 is 6.17. The maximum absolute atomic E-state index is 13.8. The van der Waals surface area contributed by atoms with E-state index in [1.165, 1.54) is 4.90 Å². The lowest BCUT2D eigenvalue weighted by molar-refractivity contribution is 0.0970. The van der Waals surface area contributed by atoms with Crippen LogP contribution in [0.2, 0.25) is 5.02 Å². The van der Waals surface area contributed by atoms with Gasteiger partial charge in [-0.05, 0) is 60.4 Å². The van der Waals surface area contributed by atoms with Crippen LogP contribution >= 0.6 is 11.6 Å². The van der Waals surface area contributed by atoms with E-state index in [0.29, 0.717) is 51.4 Å². The van der Waals surface area contributed by atoms with E-state index in [4.69, 9.17) is 25.5 Å². The van der Waals surface area contributed by atoms with Crippen molar-refractivity contribution in [1.82, 2.24) is 4.98 Å². The van der Waals surface area contributed by atoms with Crippen LogP contribution in [-0.2, 0) is 0 Å². The van der Waals surface area contributed by atoms with Crippen LogP contribution in [0.1, 0.15) is 47.1 Å². The molecular formula is C28H25ClN2O5. The summed E-state index contributed by atoms with van der Waals surface area (Å²) in [5.74, 6) is 1.36. The van der Waals surface area contributed by atoms with Gasteiger partial charge in [0.15, 0.2) is 16.9 Å². The van der Waals surface area contributed by atoms with E-state index in [-0.39, 0.29) is 16.8 Å². The summed E-state index contributed by atoms with van der Waals surface area (Å²) in [5.41, 5.74) is 1.81. The van der Waals surface area contributed by atoms with Crippen LogP contribution < -0.4 is 19.8 Å². The number of hydrogen-bond donors (Lipinski definition) is 0. The minimum absolute atomic E-state index is 0.0127. The summed E-state index contributed by atoms with van der Waals surface area (Å²) in [6.07, 6.45) is 1.68. The number of rotatable bonds is 6. The Balaban J connectivity index is 1.73. The summed E-state index contributed by atoms with van der Waals surface area (Å²) in [6.45, 7) is 6.56. The third-order valence-electron chi connectivity index (χ3n) is 6.05. The molecule has 0 N–H and O–H groups in total. The van der Waals surface area contributed by atoms with Gasteiger partial charge in [-0.15, -0.1) is 0 Å². The molecule has 2 aromatic heterocycles. The second-order valence-electron chi connectivity index (χ2n) is 9.20. The number of halogens is 1. The van der Waals surface area contributed by atoms with Gasteiger partial charge in [0, 0.05) is 11.2 Å². The fourth-order valence-electron chi connectivity index (χ4n) is 4.33. The van der Waals surface area contributed by atoms with Gasteiger partial charge in [-0.3, -0.25) is 14.5 Å². The van der Waals surface area contributed by atoms with Gasteiger partial charge in [-0.25, -0.2) is 4.98 Å². The quantitative estimate of drug-likeness (QED) is 0.323. The number of carbonyl (C=O) groups is 1. The number of ether oxygens (including phenoxy) is 2. The number of anilines is 1. The van der Waals surface area contributed by atoms with Gasteiger partial charge in [-0.1, -0.05) is 37.6 Å². The molecule has 0 saturated carbocycles. The Kier molecular flexibility index (Phi) is 6.18. The number of carbonyl (C=O) groups excluding carboxylic acids is 1. The number of aromatic nitrogens is 1. The van der Waals surface area contributed by atoms with Gasteiger partial charge in [-0.2, -0.15) is 0 Å². The molecule has 1 aliphatic rings. The molecule has 0 fully saturated rings. The topological polar surface area (TPSA) is 81.9 Å². The van der Waals surface area contributed by atoms with Crippen molar-refractivity contribution in [2.45, 2.75) is 26.8 Å². The smallest absolute Gasteiger partial charge is 0.296 e. The highest BCUT2D eigenvalue weighted by molar-refractivity contribution is 6.31. The second kappa shape index (κ2) is 9.32. The predicted octanol–water partition coefficient (Wildman–Crippen LogP) is 5.94. The maximum Gasteiger partial charge on any atom is 0.296 e. The van der Waals surface area contributed by atoms with E-state index in [0.717, 1.165) is 5.56 Å². The van der Waals surface area contributed by atoms with Crippen molar-refractivity contribution >= 4 is 34.3 Å². The molecule has 7 nitrogen and oxygen atoms in total. The molecule has 0 saturated heterocycles. The van der Waals surface area contributed by atoms with E-state index in [1.54, 1.807) is 49.7 Å². The molecule has 1 aliphatic heterocycles. The lowest BCUT2D eigenvalue weighted by Crippen LogP contribution is -2.30. The van der Waals surface area contributed by atoms with Crippen LogP contribution in [0.4, 0.5) is 5.82 Å². The molecule has 1 unspecified atom stereocenters. The molecule has 2 aromatic carbocycles. The highest BCUT2D eigenvalue weighted by atomic mass is 35.5. The van der Waals surface area contributed by atoms with Crippen molar-refractivity contribution in [1.29, 1.82) is 0 Å². The summed E-state index contributed by atoms with van der Waals surface area (Å²) < 4.78 is 17.5. The maximum atomic E-state index is 13.8. The van der Waals surface area contributed by atoms with Crippen molar-refractivity contribution in [3.63, 3.8) is 0 Å². The van der Waals surface area contributed by atoms with Crippen molar-refractivity contribution in [3.8, 4) is 11.5 Å². The number of aryl methyl sites for hydroxylation is 1. The van der Waals surface area contributed by atoms with Gasteiger partial charge in [0.05, 0.1) is 30.7 Å². The van der Waals surface area contributed by atoms with Crippen molar-refractivity contribution in [2.24, 2.45) is 5.92 Å². The van der Waals surface area contributed by atoms with E-state index in [1.807, 2.05) is 19.1 Å². The molecule has 1 amide bonds. The predicted molar refractivity (Wildman–Crippen MR) is 138 cm³/mol. The zero-order valence-electron chi connectivity index (χ0n) is 20.4. The summed E-state index contributed by atoms with van der Waals surface area (Å²) in [4.78, 5) is 33.4. The first-order valence-electron chi connectivity index (χ1n) is 11.6. The van der Waals surface area contributed by atoms with Crippen LogP contribution in [0.15, 0.2) is 63.9 Å². The van der Waals surface area contributed by atoms with E-state index in [2.05, 4.69) is 18.8 Å². The van der Waals surface area contributed by atoms with Crippen LogP contribution in [-0.4, -0.2) is 24.6 Å². The zero-order chi connectivity index (χ0) is 25.6. The van der Waals surface area contributed by atoms with Crippen molar-refractivity contribution in [2.75, 3.05) is 18.6 Å². The van der Waals surface area contributed by atoms with Gasteiger partial charge in [0.2, 0.25) is 5.76 Å². The highest BCUT2D eigenvalue weighted by Gasteiger charge is 2.44. The first kappa shape index (κ1) is 23.9. The Hall–Kier alpha value is -3.84. The molecule has 0 radical (unpaired) electrons. The largest absolute Gasteiger partial charge is 0.493 e. The van der Waals surface area contributed by atoms with Gasteiger partial charge >= 0.3 is 0 Å². The van der Waals surface area contributed by atoms with Crippen LogP contribution in [0.5, 0.6) is 11.5 Å². The average molecular weight is 505 g/mol. The third kappa shape index (κ3) is 4.09. The molecule has 0 spiro atoms. The van der Waals surface area contributed by atoms with E-state index >= 15 is 0 Å². The lowest BCUT2D eigenvalue weighted by atomic mass is 9.98. The van der Waals surface area contributed by atoms with Crippen LogP contribution in [0.25, 0.3) is 11.0 Å². The number of hydrogen-bond acceptors (Lipinski definition) is 6. The monoisotopic (exact) mass is 504 g/mol. The normalized spacial score (nSPS) is 15.0. The molecular weight excluding hydrogens is 480 g/mol. The molecule has 1 atom stereocenters. The van der Waals surface area contributed by atoms with Crippen LogP contribution in [0, 0.1) is 12.8 Å². The Bertz CT molecular complexity index is 1530. The molecule has 5 rings (SSSR count). The molecule has 184 valence electrons. The highest BCUT2D eigenvalue weighted by Crippen LogP contribution is 2.43. The number of nitrogens with zero attached hydrogens (tertiary/aromatic N) is 2. The summed E-state index contributed by atoms with van der Waals surface area (Å²) in [5, 5.41) is 0.711. The fourth-order valence-corrected chi connectivity index (χ4v) is 4.50. The number of pyridine rings is 1. The SMILES string of the molecule is COc1cc(C2c3c(oc4ccc(Cl)cc4c3=O)C(=O)N2c2ccc(C)cn2)ccc1OCC(C)C. The first-order chi connectivity index (χ1) is 17.3. The Morgan fingerprint density at radius 2 is 1.89 bits per heavy atom. The van der Waals surface area contributed by atoms with Crippen LogP contribution in [0.3, 0.4) is 0 Å². The molecule has 0 bridgehead atoms. The first-order valence-corrected chi connectivity index (χ1v) is 12.0. The molecule has 0 aliphatic carbocycles. The van der Waals surface area contributed by atoms with E-state index < -0.39 is 11.9 Å². The molecule has 4 aromatic rings. The minimum atomic E-state index is -0.782. The van der Waals surface area contributed by atoms with Crippen molar-refractivity contribution in [3.05, 3.63) is 92.4 Å². The van der Waals surface area contributed by atoms with Gasteiger partial charge in [0.25, 0.3) is 5.91 Å². The van der Waals surface area contributed by atoms with Crippen molar-refractivity contribution < 1.29 is 18.7 Å². The number of methoxy groups -OCH3 is 1. The Morgan fingerprint density at radius 3 is 2.58 bits per heavy atom. The number of benzene rings is 2. The Morgan fingerprint density at radius 1 is 1.08 bits per heavy atom. The standard InChI is InChI=1S/C28H25ClN2O5/c1-15(2)14-35-21-8-6-17(11-22(21)34-4)25-24-26(32)19-12-18(29)7-9-20(19)36-27(24)28(33)31(25)23-10-5-16(3)13-30-23/h5-13,15,25H,14H2,1-4H3. The third-order valence-corrected chi connectivity index (χ3v) is 6.29. The molecule has 3 heterocycles. The molecule has 8 heteroatoms. The fraction of sp³-hybridized carbons (Fsp3) is 0.250. The van der Waals surface area contributed by atoms with Gasteiger partial charge in [0.1, 0.15) is 11.4 Å². The number of amides is 1. The van der Waals surface area contributed by atoms with E-state index in [9.17, 15) is 9.59 Å². The number of fused-ring (bicyclic) bond motifs is 2. The summed E-state index contributed by atoms with van der Waals surface area (Å²) in [6, 6.07) is 13.0. The minimum Gasteiger partial charge on any atom is -0.493 e. The average Bonchev–Trinajstić information content (AvgIpc) is 3.16. The Labute approximate surface area is 213 Å². The zero-order valence-corrected chi connectivity index (χ0v) is 21.1. The lowest BCUT2D eigenvalue weighted by Gasteiger charge is -2.25.